The van der Waals surface area contributed by atoms with E-state index in [0.717, 1.165) is 11.4 Å². The second kappa shape index (κ2) is 4.78. The molecule has 12 heavy (non-hydrogen) atoms. The molecule has 1 heterocycles. The van der Waals surface area contributed by atoms with Crippen LogP contribution < -0.4 is 5.73 Å². The Morgan fingerprint density at radius 3 is 2.58 bits per heavy atom. The first-order valence-corrected chi connectivity index (χ1v) is 3.41. The monoisotopic (exact) mass is 238 g/mol. The van der Waals surface area contributed by atoms with E-state index in [0.29, 0.717) is 5.69 Å². The predicted octanol–water partition coefficient (Wildman–Crippen LogP) is 1.26. The molecule has 0 aliphatic heterocycles. The van der Waals surface area contributed by atoms with Crippen LogP contribution in [0, 0.1) is 19.2 Å². The van der Waals surface area contributed by atoms with Gasteiger partial charge in [0.05, 0.1) is 0 Å². The molecule has 4 heteroatoms. The Balaban J connectivity index is 0.00000121. The number of hydrogen-bond donors (Lipinski definition) is 1. The fourth-order valence-electron chi connectivity index (χ4n) is 0.689. The molecule has 1 aromatic heterocycles. The molecule has 1 rings (SSSR count). The maximum atomic E-state index is 5.55. The van der Waals surface area contributed by atoms with E-state index in [1.54, 1.807) is 4.68 Å². The van der Waals surface area contributed by atoms with Gasteiger partial charge < -0.3 is 16.5 Å². The van der Waals surface area contributed by atoms with Crippen molar-refractivity contribution in [1.29, 1.82) is 0 Å². The Kier molecular flexibility index (Phi) is 4.72. The predicted molar refractivity (Wildman–Crippen MR) is 44.5 cm³/mol. The maximum Gasteiger partial charge on any atom is 0 e. The molecule has 0 aliphatic carbocycles. The molecule has 1 aromatic rings. The SMILES string of the molecule is C[C-]=C(C)n1[c-]c(N)c(C)n1.[Y]. The Hall–Kier alpha value is -0.146. The van der Waals surface area contributed by atoms with Gasteiger partial charge in [0.2, 0.25) is 0 Å². The van der Waals surface area contributed by atoms with E-state index in [1.807, 2.05) is 20.8 Å². The van der Waals surface area contributed by atoms with Crippen LogP contribution in [0.3, 0.4) is 0 Å². The summed E-state index contributed by atoms with van der Waals surface area (Å²) in [6, 6.07) is 0. The number of rotatable bonds is 1. The molecule has 0 aliphatic rings. The number of nitrogens with two attached hydrogens (primary N) is 1. The molecule has 0 amide bonds. The van der Waals surface area contributed by atoms with Crippen molar-refractivity contribution in [1.82, 2.24) is 9.78 Å². The van der Waals surface area contributed by atoms with Crippen molar-refractivity contribution in [3.05, 3.63) is 18.0 Å². The Bertz CT molecular complexity index is 269. The number of aryl methyl sites for hydroxylation is 1. The van der Waals surface area contributed by atoms with E-state index >= 15 is 0 Å². The summed E-state index contributed by atoms with van der Waals surface area (Å²) in [7, 11) is 0. The third-order valence-corrected chi connectivity index (χ3v) is 1.55. The van der Waals surface area contributed by atoms with Gasteiger partial charge in [-0.3, -0.25) is 5.10 Å². The van der Waals surface area contributed by atoms with E-state index in [9.17, 15) is 0 Å². The van der Waals surface area contributed by atoms with Crippen LogP contribution in [0.2, 0.25) is 0 Å². The number of anilines is 1. The Labute approximate surface area is 97.9 Å². The fraction of sp³-hybridized carbons (Fsp3) is 0.375. The second-order valence-corrected chi connectivity index (χ2v) is 2.36. The zero-order valence-electron chi connectivity index (χ0n) is 7.55. The van der Waals surface area contributed by atoms with Crippen molar-refractivity contribution < 1.29 is 32.7 Å². The number of nitrogens with zero attached hydrogens (tertiary/aromatic N) is 2. The van der Waals surface area contributed by atoms with Crippen molar-refractivity contribution in [3.63, 3.8) is 0 Å². The van der Waals surface area contributed by atoms with Gasteiger partial charge in [0.15, 0.2) is 0 Å². The standard InChI is InChI=1S/C8H11N3.Y/c1-4-6(2)11-5-8(9)7(3)10-11;/h9H2,1-3H3;/q-2;. The van der Waals surface area contributed by atoms with Gasteiger partial charge in [0.1, 0.15) is 0 Å². The van der Waals surface area contributed by atoms with Gasteiger partial charge in [0.25, 0.3) is 0 Å². The van der Waals surface area contributed by atoms with Crippen LogP contribution >= 0.6 is 0 Å². The molecule has 0 bridgehead atoms. The van der Waals surface area contributed by atoms with Crippen molar-refractivity contribution in [3.8, 4) is 0 Å². The van der Waals surface area contributed by atoms with Crippen molar-refractivity contribution in [2.45, 2.75) is 20.8 Å². The first-order valence-electron chi connectivity index (χ1n) is 3.41. The first-order chi connectivity index (χ1) is 5.15. The summed E-state index contributed by atoms with van der Waals surface area (Å²) in [5.74, 6) is 0. The van der Waals surface area contributed by atoms with Gasteiger partial charge in [-0.05, 0) is 11.4 Å². The molecule has 0 aromatic carbocycles. The molecule has 63 valence electrons. The van der Waals surface area contributed by atoms with E-state index in [4.69, 9.17) is 5.73 Å². The molecular weight excluding hydrogens is 227 g/mol. The molecule has 2 N–H and O–H groups in total. The molecule has 0 spiro atoms. The number of nitrogen functional groups attached to an aromatic ring is 1. The zero-order valence-corrected chi connectivity index (χ0v) is 10.4. The number of allylic oxidation sites excluding steroid dienone is 2. The van der Waals surface area contributed by atoms with Gasteiger partial charge in [-0.2, -0.15) is 0 Å². The van der Waals surface area contributed by atoms with E-state index < -0.39 is 0 Å². The van der Waals surface area contributed by atoms with E-state index in [-0.39, 0.29) is 32.7 Å². The number of aromatic nitrogens is 2. The molecule has 0 saturated heterocycles. The molecule has 0 fully saturated rings. The van der Waals surface area contributed by atoms with Gasteiger partial charge >= 0.3 is 0 Å². The van der Waals surface area contributed by atoms with Crippen molar-refractivity contribution >= 4 is 11.4 Å². The van der Waals surface area contributed by atoms with Crippen LogP contribution in [0.15, 0.2) is 0 Å². The van der Waals surface area contributed by atoms with Gasteiger partial charge in [-0.1, -0.05) is 13.1 Å². The van der Waals surface area contributed by atoms with Crippen molar-refractivity contribution in [2.24, 2.45) is 0 Å². The summed E-state index contributed by atoms with van der Waals surface area (Å²) in [6.07, 6.45) is 5.83. The van der Waals surface area contributed by atoms with Crippen LogP contribution in [0.25, 0.3) is 5.70 Å². The summed E-state index contributed by atoms with van der Waals surface area (Å²) >= 11 is 0. The third-order valence-electron chi connectivity index (χ3n) is 1.55. The fourth-order valence-corrected chi connectivity index (χ4v) is 0.689. The average molecular weight is 238 g/mol. The van der Waals surface area contributed by atoms with Crippen molar-refractivity contribution in [2.75, 3.05) is 5.73 Å². The number of hydrogen-bond acceptors (Lipinski definition) is 2. The minimum Gasteiger partial charge on any atom is -0.549 e. The molecule has 0 saturated carbocycles. The van der Waals surface area contributed by atoms with Crippen LogP contribution in [-0.2, 0) is 32.7 Å². The molecular formula is C8H11N3Y-2. The molecule has 0 atom stereocenters. The van der Waals surface area contributed by atoms with Crippen LogP contribution in [0.1, 0.15) is 19.5 Å². The summed E-state index contributed by atoms with van der Waals surface area (Å²) < 4.78 is 1.60. The molecule has 1 radical (unpaired) electrons. The minimum atomic E-state index is 0. The van der Waals surface area contributed by atoms with E-state index in [1.165, 1.54) is 0 Å². The van der Waals surface area contributed by atoms with Gasteiger partial charge in [0, 0.05) is 32.7 Å². The quantitative estimate of drug-likeness (QED) is 0.748. The normalized spacial score (nSPS) is 11.1. The zero-order chi connectivity index (χ0) is 8.43. The topological polar surface area (TPSA) is 43.8 Å². The molecule has 0 unspecified atom stereocenters. The summed E-state index contributed by atoms with van der Waals surface area (Å²) in [6.45, 7) is 5.59. The Morgan fingerprint density at radius 1 is 1.67 bits per heavy atom. The van der Waals surface area contributed by atoms with Crippen LogP contribution in [0.4, 0.5) is 5.69 Å². The summed E-state index contributed by atoms with van der Waals surface area (Å²) in [5.41, 5.74) is 7.86. The average Bonchev–Trinajstić information content (AvgIpc) is 2.31. The minimum absolute atomic E-state index is 0. The first kappa shape index (κ1) is 11.9. The van der Waals surface area contributed by atoms with Gasteiger partial charge in [-0.25, -0.2) is 12.6 Å². The van der Waals surface area contributed by atoms with E-state index in [2.05, 4.69) is 17.4 Å². The van der Waals surface area contributed by atoms with Gasteiger partial charge in [-0.15, -0.1) is 6.92 Å². The second-order valence-electron chi connectivity index (χ2n) is 2.36. The Morgan fingerprint density at radius 2 is 2.25 bits per heavy atom. The van der Waals surface area contributed by atoms with Crippen LogP contribution in [0.5, 0.6) is 0 Å². The largest absolute Gasteiger partial charge is 0.549 e. The summed E-state index contributed by atoms with van der Waals surface area (Å²) in [5, 5.41) is 4.12. The smallest absolute Gasteiger partial charge is 0 e. The van der Waals surface area contributed by atoms with Crippen LogP contribution in [-0.4, -0.2) is 9.78 Å². The summed E-state index contributed by atoms with van der Waals surface area (Å²) in [4.78, 5) is 0. The third kappa shape index (κ3) is 2.42. The maximum absolute atomic E-state index is 5.55. The molecule has 3 nitrogen and oxygen atoms in total.